The Hall–Kier alpha value is -2.08. The summed E-state index contributed by atoms with van der Waals surface area (Å²) in [5, 5.41) is 10.3. The third kappa shape index (κ3) is 5.30. The van der Waals surface area contributed by atoms with Gasteiger partial charge in [0.05, 0.1) is 7.11 Å². The molecule has 0 radical (unpaired) electrons. The number of fused-ring (bicyclic) bond motifs is 1. The normalized spacial score (nSPS) is 18.4. The second-order valence-electron chi connectivity index (χ2n) is 8.19. The fraction of sp³-hybridized carbons (Fsp3) is 0.500. The van der Waals surface area contributed by atoms with Crippen LogP contribution in [0.25, 0.3) is 0 Å². The molecule has 2 aliphatic rings. The molecule has 0 bridgehead atoms. The van der Waals surface area contributed by atoms with Gasteiger partial charge in [-0.1, -0.05) is 30.3 Å². The number of hydrogen-bond acceptors (Lipinski definition) is 5. The van der Waals surface area contributed by atoms with Crippen LogP contribution in [0.4, 0.5) is 0 Å². The fourth-order valence-electron chi connectivity index (χ4n) is 4.38. The molecule has 1 N–H and O–H groups in total. The van der Waals surface area contributed by atoms with Gasteiger partial charge < -0.3 is 19.5 Å². The van der Waals surface area contributed by atoms with Gasteiger partial charge in [0, 0.05) is 26.2 Å². The highest BCUT2D eigenvalue weighted by molar-refractivity contribution is 5.43. The first kappa shape index (κ1) is 20.2. The van der Waals surface area contributed by atoms with Crippen molar-refractivity contribution < 1.29 is 14.6 Å². The first-order chi connectivity index (χ1) is 14.2. The molecule has 0 aliphatic carbocycles. The highest BCUT2D eigenvalue weighted by Gasteiger charge is 2.18. The smallest absolute Gasteiger partial charge is 0.161 e. The van der Waals surface area contributed by atoms with E-state index in [-0.39, 0.29) is 6.61 Å². The molecule has 4 rings (SSSR count). The Balaban J connectivity index is 1.36. The van der Waals surface area contributed by atoms with E-state index in [0.29, 0.717) is 18.0 Å². The maximum Gasteiger partial charge on any atom is 0.161 e. The van der Waals surface area contributed by atoms with Gasteiger partial charge in [0.1, 0.15) is 12.7 Å². The van der Waals surface area contributed by atoms with Crippen molar-refractivity contribution in [2.45, 2.75) is 38.5 Å². The number of nitrogens with zero attached hydrogens (tertiary/aromatic N) is 2. The molecule has 1 atom stereocenters. The van der Waals surface area contributed by atoms with E-state index in [1.54, 1.807) is 7.11 Å². The Bertz CT molecular complexity index is 804. The summed E-state index contributed by atoms with van der Waals surface area (Å²) < 4.78 is 11.4. The van der Waals surface area contributed by atoms with Gasteiger partial charge in [-0.3, -0.25) is 4.90 Å². The Kier molecular flexibility index (Phi) is 6.70. The molecule has 0 aromatic heterocycles. The largest absolute Gasteiger partial charge is 0.493 e. The number of benzene rings is 2. The molecular formula is C24H32N2O3. The van der Waals surface area contributed by atoms with Crippen molar-refractivity contribution >= 4 is 0 Å². The molecule has 1 fully saturated rings. The monoisotopic (exact) mass is 396 g/mol. The van der Waals surface area contributed by atoms with Crippen LogP contribution in [0.3, 0.4) is 0 Å². The predicted molar refractivity (Wildman–Crippen MR) is 114 cm³/mol. The molecule has 156 valence electrons. The minimum absolute atomic E-state index is 0.285. The average Bonchev–Trinajstić information content (AvgIpc) is 3.25. The molecule has 5 heteroatoms. The van der Waals surface area contributed by atoms with Gasteiger partial charge in [-0.25, -0.2) is 0 Å². The van der Waals surface area contributed by atoms with Crippen molar-refractivity contribution in [2.24, 2.45) is 0 Å². The minimum atomic E-state index is -0.486. The second kappa shape index (κ2) is 9.61. The lowest BCUT2D eigenvalue weighted by Gasteiger charge is -2.29. The highest BCUT2D eigenvalue weighted by atomic mass is 16.5. The van der Waals surface area contributed by atoms with Crippen molar-refractivity contribution in [3.05, 3.63) is 59.2 Å². The van der Waals surface area contributed by atoms with Crippen molar-refractivity contribution in [1.82, 2.24) is 9.80 Å². The standard InChI is InChI=1S/C24H32N2O3/c1-28-23-9-8-19(15-26-13-10-20-6-2-3-7-21(20)16-26)14-24(23)29-18-22(27)17-25-11-4-5-12-25/h2-3,6-9,14,22,27H,4-5,10-13,15-18H2,1H3. The van der Waals surface area contributed by atoms with Crippen molar-refractivity contribution in [3.63, 3.8) is 0 Å². The van der Waals surface area contributed by atoms with Crippen LogP contribution in [0.15, 0.2) is 42.5 Å². The average molecular weight is 397 g/mol. The van der Waals surface area contributed by atoms with Gasteiger partial charge in [0.25, 0.3) is 0 Å². The summed E-state index contributed by atoms with van der Waals surface area (Å²) in [6.07, 6.45) is 3.06. The van der Waals surface area contributed by atoms with E-state index in [0.717, 1.165) is 39.1 Å². The summed E-state index contributed by atoms with van der Waals surface area (Å²) in [6, 6.07) is 14.8. The topological polar surface area (TPSA) is 45.2 Å². The van der Waals surface area contributed by atoms with Gasteiger partial charge in [0.2, 0.25) is 0 Å². The number of ether oxygens (including phenoxy) is 2. The lowest BCUT2D eigenvalue weighted by molar-refractivity contribution is 0.0746. The van der Waals surface area contributed by atoms with Gasteiger partial charge in [-0.05, 0) is 61.2 Å². The third-order valence-electron chi connectivity index (χ3n) is 5.94. The number of likely N-dealkylation sites (tertiary alicyclic amines) is 1. The molecule has 2 heterocycles. The van der Waals surface area contributed by atoms with Gasteiger partial charge in [0.15, 0.2) is 11.5 Å². The molecule has 29 heavy (non-hydrogen) atoms. The van der Waals surface area contributed by atoms with Gasteiger partial charge in [-0.2, -0.15) is 0 Å². The maximum absolute atomic E-state index is 10.3. The van der Waals surface area contributed by atoms with Crippen LogP contribution in [0, 0.1) is 0 Å². The molecule has 0 spiro atoms. The number of methoxy groups -OCH3 is 1. The van der Waals surface area contributed by atoms with Crippen LogP contribution in [-0.2, 0) is 19.5 Å². The Morgan fingerprint density at radius 1 is 0.966 bits per heavy atom. The molecular weight excluding hydrogens is 364 g/mol. The number of β-amino-alcohol motifs (C(OH)–C–C–N with tert-alkyl or cyclic N) is 1. The third-order valence-corrected chi connectivity index (χ3v) is 5.94. The molecule has 0 amide bonds. The molecule has 1 unspecified atom stereocenters. The first-order valence-corrected chi connectivity index (χ1v) is 10.7. The zero-order valence-corrected chi connectivity index (χ0v) is 17.3. The molecule has 2 aromatic rings. The van der Waals surface area contributed by atoms with E-state index in [2.05, 4.69) is 46.2 Å². The van der Waals surface area contributed by atoms with E-state index >= 15 is 0 Å². The Labute approximate surface area is 173 Å². The SMILES string of the molecule is COc1ccc(CN2CCc3ccccc3C2)cc1OCC(O)CN1CCCC1. The van der Waals surface area contributed by atoms with Crippen LogP contribution in [-0.4, -0.2) is 60.9 Å². The van der Waals surface area contributed by atoms with Gasteiger partial charge >= 0.3 is 0 Å². The molecule has 5 nitrogen and oxygen atoms in total. The number of hydrogen-bond donors (Lipinski definition) is 1. The van der Waals surface area contributed by atoms with E-state index in [9.17, 15) is 5.11 Å². The van der Waals surface area contributed by atoms with Crippen LogP contribution in [0.2, 0.25) is 0 Å². The van der Waals surface area contributed by atoms with Crippen molar-refractivity contribution in [3.8, 4) is 11.5 Å². The van der Waals surface area contributed by atoms with Crippen LogP contribution in [0.5, 0.6) is 11.5 Å². The van der Waals surface area contributed by atoms with Crippen LogP contribution < -0.4 is 9.47 Å². The first-order valence-electron chi connectivity index (χ1n) is 10.7. The highest BCUT2D eigenvalue weighted by Crippen LogP contribution is 2.29. The number of rotatable bonds is 8. The summed E-state index contributed by atoms with van der Waals surface area (Å²) in [6.45, 7) is 6.04. The van der Waals surface area contributed by atoms with E-state index in [1.165, 1.54) is 29.5 Å². The summed E-state index contributed by atoms with van der Waals surface area (Å²) in [5.74, 6) is 1.42. The van der Waals surface area contributed by atoms with E-state index in [4.69, 9.17) is 9.47 Å². The summed E-state index contributed by atoms with van der Waals surface area (Å²) >= 11 is 0. The van der Waals surface area contributed by atoms with Crippen molar-refractivity contribution in [2.75, 3.05) is 39.9 Å². The second-order valence-corrected chi connectivity index (χ2v) is 8.19. The van der Waals surface area contributed by atoms with Crippen LogP contribution >= 0.6 is 0 Å². The lowest BCUT2D eigenvalue weighted by Crippen LogP contribution is -2.33. The Morgan fingerprint density at radius 2 is 1.76 bits per heavy atom. The zero-order valence-electron chi connectivity index (χ0n) is 17.3. The van der Waals surface area contributed by atoms with Crippen LogP contribution in [0.1, 0.15) is 29.5 Å². The molecule has 1 saturated heterocycles. The maximum atomic E-state index is 10.3. The zero-order chi connectivity index (χ0) is 20.1. The fourth-order valence-corrected chi connectivity index (χ4v) is 4.38. The van der Waals surface area contributed by atoms with Gasteiger partial charge in [-0.15, -0.1) is 0 Å². The number of aliphatic hydroxyl groups is 1. The molecule has 2 aliphatic heterocycles. The Morgan fingerprint density at radius 3 is 2.55 bits per heavy atom. The summed E-state index contributed by atoms with van der Waals surface area (Å²) in [4.78, 5) is 4.77. The minimum Gasteiger partial charge on any atom is -0.493 e. The van der Waals surface area contributed by atoms with E-state index in [1.807, 2.05) is 6.07 Å². The van der Waals surface area contributed by atoms with Crippen molar-refractivity contribution in [1.29, 1.82) is 0 Å². The summed E-state index contributed by atoms with van der Waals surface area (Å²) in [7, 11) is 1.66. The van der Waals surface area contributed by atoms with E-state index < -0.39 is 6.10 Å². The quantitative estimate of drug-likeness (QED) is 0.743. The summed E-state index contributed by atoms with van der Waals surface area (Å²) in [5.41, 5.74) is 4.09. The lowest BCUT2D eigenvalue weighted by atomic mass is 9.99. The predicted octanol–water partition coefficient (Wildman–Crippen LogP) is 3.09. The molecule has 0 saturated carbocycles. The molecule has 2 aromatic carbocycles. The number of aliphatic hydroxyl groups excluding tert-OH is 1.